The zero-order valence-electron chi connectivity index (χ0n) is 24.9. The molecular formula is C31H32F5O7S2+. The maximum Gasteiger partial charge on any atom is 0.466 e. The zero-order chi connectivity index (χ0) is 33.6. The van der Waals surface area contributed by atoms with Crippen molar-refractivity contribution in [3.8, 4) is 5.75 Å². The Kier molecular flexibility index (Phi) is 9.25. The molecule has 244 valence electrons. The zero-order valence-corrected chi connectivity index (χ0v) is 26.6. The van der Waals surface area contributed by atoms with Crippen LogP contribution < -0.4 is 4.74 Å². The van der Waals surface area contributed by atoms with E-state index in [9.17, 15) is 35.2 Å². The van der Waals surface area contributed by atoms with Crippen molar-refractivity contribution in [2.45, 2.75) is 71.9 Å². The van der Waals surface area contributed by atoms with Gasteiger partial charge >= 0.3 is 27.5 Å². The largest absolute Gasteiger partial charge is 0.466 e. The molecule has 0 bridgehead atoms. The van der Waals surface area contributed by atoms with E-state index in [-0.39, 0.29) is 5.41 Å². The molecule has 0 aliphatic carbocycles. The number of hydrogen-bond acceptors (Lipinski definition) is 6. The van der Waals surface area contributed by atoms with Gasteiger partial charge in [-0.1, -0.05) is 45.0 Å². The number of hydrogen-bond donors (Lipinski definition) is 1. The van der Waals surface area contributed by atoms with Gasteiger partial charge in [0.1, 0.15) is 11.2 Å². The second-order valence-electron chi connectivity index (χ2n) is 12.0. The number of carbonyl (C=O) groups is 1. The van der Waals surface area contributed by atoms with Crippen LogP contribution in [0.2, 0.25) is 0 Å². The lowest BCUT2D eigenvalue weighted by Gasteiger charge is -2.43. The predicted molar refractivity (Wildman–Crippen MR) is 156 cm³/mol. The topological polar surface area (TPSA) is 99.1 Å². The SMILES string of the molecule is CC(C)(C)c1ccc([S+](c2ccc(OC(=O)C(F)(F)S(=O)(=O)O)cc2)c2cccc(C3(C)OCC(C)(C(F)(F)F)CO3)c2)cc1. The van der Waals surface area contributed by atoms with Crippen LogP contribution in [-0.2, 0) is 46.5 Å². The molecule has 0 radical (unpaired) electrons. The Hall–Kier alpha value is -3.04. The summed E-state index contributed by atoms with van der Waals surface area (Å²) in [6, 6.07) is 20.2. The third kappa shape index (κ3) is 7.19. The van der Waals surface area contributed by atoms with Crippen molar-refractivity contribution in [3.05, 3.63) is 83.9 Å². The third-order valence-electron chi connectivity index (χ3n) is 7.40. The van der Waals surface area contributed by atoms with E-state index < -0.39 is 68.6 Å². The number of alkyl halides is 5. The highest BCUT2D eigenvalue weighted by atomic mass is 32.2. The lowest BCUT2D eigenvalue weighted by Crippen LogP contribution is -2.52. The smallest absolute Gasteiger partial charge is 0.421 e. The third-order valence-corrected chi connectivity index (χ3v) is 10.4. The molecule has 14 heteroatoms. The highest BCUT2D eigenvalue weighted by Crippen LogP contribution is 2.46. The van der Waals surface area contributed by atoms with Gasteiger partial charge < -0.3 is 14.2 Å². The van der Waals surface area contributed by atoms with Crippen LogP contribution in [0.5, 0.6) is 5.75 Å². The van der Waals surface area contributed by atoms with Crippen molar-refractivity contribution in [1.29, 1.82) is 0 Å². The van der Waals surface area contributed by atoms with Gasteiger partial charge in [0.05, 0.1) is 24.1 Å². The molecule has 1 atom stereocenters. The highest BCUT2D eigenvalue weighted by molar-refractivity contribution is 7.97. The van der Waals surface area contributed by atoms with E-state index in [4.69, 9.17) is 14.0 Å². The first-order valence-corrected chi connectivity index (χ1v) is 16.2. The van der Waals surface area contributed by atoms with Gasteiger partial charge in [0, 0.05) is 11.6 Å². The Bertz CT molecular complexity index is 1640. The minimum atomic E-state index is -6.04. The lowest BCUT2D eigenvalue weighted by atomic mass is 9.87. The fraction of sp³-hybridized carbons (Fsp3) is 0.387. The summed E-state index contributed by atoms with van der Waals surface area (Å²) in [6.07, 6.45) is -4.52. The molecule has 0 amide bonds. The molecule has 4 rings (SSSR count). The summed E-state index contributed by atoms with van der Waals surface area (Å²) >= 11 is 0. The summed E-state index contributed by atoms with van der Waals surface area (Å²) in [4.78, 5) is 14.0. The van der Waals surface area contributed by atoms with Gasteiger partial charge in [-0.15, -0.1) is 0 Å². The van der Waals surface area contributed by atoms with Crippen molar-refractivity contribution in [3.63, 3.8) is 0 Å². The van der Waals surface area contributed by atoms with Gasteiger partial charge in [-0.05, 0) is 67.3 Å². The first kappa shape index (κ1) is 34.8. The Labute approximate surface area is 260 Å². The first-order chi connectivity index (χ1) is 20.6. The normalized spacial score (nSPS) is 22.1. The monoisotopic (exact) mass is 675 g/mol. The van der Waals surface area contributed by atoms with Gasteiger partial charge in [-0.25, -0.2) is 4.79 Å². The van der Waals surface area contributed by atoms with Crippen molar-refractivity contribution >= 4 is 27.0 Å². The van der Waals surface area contributed by atoms with Gasteiger partial charge in [-0.3, -0.25) is 4.55 Å². The van der Waals surface area contributed by atoms with Crippen LogP contribution in [0.25, 0.3) is 0 Å². The predicted octanol–water partition coefficient (Wildman–Crippen LogP) is 7.25. The summed E-state index contributed by atoms with van der Waals surface area (Å²) < 4.78 is 115. The molecule has 1 unspecified atom stereocenters. The standard InChI is InChI=1S/C31H31F5O7S2/c1-27(2,3)20-9-13-23(14-10-20)44(24-15-11-22(12-16-24)43-26(37)30(32,33)45(38,39)40)25-8-6-7-21(17-25)29(5)41-18-28(4,19-42-29)31(34,35)36/h6-17H,18-19H2,1-5H3/p+1. The van der Waals surface area contributed by atoms with Crippen LogP contribution >= 0.6 is 0 Å². The van der Waals surface area contributed by atoms with E-state index in [1.807, 2.05) is 30.3 Å². The first-order valence-electron chi connectivity index (χ1n) is 13.5. The molecule has 3 aromatic rings. The van der Waals surface area contributed by atoms with Crippen molar-refractivity contribution in [2.75, 3.05) is 13.2 Å². The van der Waals surface area contributed by atoms with E-state index in [2.05, 4.69) is 25.5 Å². The fourth-order valence-corrected chi connectivity index (χ4v) is 6.67. The van der Waals surface area contributed by atoms with Gasteiger partial charge in [0.2, 0.25) is 0 Å². The summed E-state index contributed by atoms with van der Waals surface area (Å²) in [5, 5.41) is -5.16. The average Bonchev–Trinajstić information content (AvgIpc) is 2.94. The number of carbonyl (C=O) groups excluding carboxylic acids is 1. The Morgan fingerprint density at radius 1 is 0.844 bits per heavy atom. The van der Waals surface area contributed by atoms with Crippen LogP contribution in [0, 0.1) is 5.41 Å². The van der Waals surface area contributed by atoms with E-state index in [0.717, 1.165) is 22.3 Å². The quantitative estimate of drug-likeness (QED) is 0.0926. The van der Waals surface area contributed by atoms with Crippen molar-refractivity contribution in [2.24, 2.45) is 5.41 Å². The van der Waals surface area contributed by atoms with Gasteiger partial charge in [0.25, 0.3) is 0 Å². The molecule has 0 aromatic heterocycles. The second kappa shape index (κ2) is 12.0. The van der Waals surface area contributed by atoms with E-state index in [0.29, 0.717) is 10.5 Å². The van der Waals surface area contributed by atoms with Crippen LogP contribution in [0.15, 0.2) is 87.5 Å². The maximum absolute atomic E-state index is 13.7. The Balaban J connectivity index is 1.71. The summed E-state index contributed by atoms with van der Waals surface area (Å²) in [7, 11) is -6.92. The van der Waals surface area contributed by atoms with Crippen LogP contribution in [-0.4, -0.2) is 43.6 Å². The molecule has 1 saturated heterocycles. The molecule has 45 heavy (non-hydrogen) atoms. The Morgan fingerprint density at radius 3 is 1.82 bits per heavy atom. The molecule has 1 aliphatic rings. The number of rotatable bonds is 7. The molecular weight excluding hydrogens is 643 g/mol. The van der Waals surface area contributed by atoms with Crippen LogP contribution in [0.3, 0.4) is 0 Å². The summed E-state index contributed by atoms with van der Waals surface area (Å²) in [5.74, 6) is -4.33. The maximum atomic E-state index is 13.7. The lowest BCUT2D eigenvalue weighted by molar-refractivity contribution is -0.354. The van der Waals surface area contributed by atoms with Gasteiger partial charge in [-0.2, -0.15) is 30.4 Å². The molecule has 1 aliphatic heterocycles. The fourth-order valence-electron chi connectivity index (χ4n) is 4.33. The minimum Gasteiger partial charge on any atom is -0.421 e. The molecule has 0 saturated carbocycles. The number of halogens is 5. The number of benzene rings is 3. The highest BCUT2D eigenvalue weighted by Gasteiger charge is 2.56. The average molecular weight is 676 g/mol. The van der Waals surface area contributed by atoms with Crippen molar-refractivity contribution in [1.82, 2.24) is 0 Å². The molecule has 7 nitrogen and oxygen atoms in total. The minimum absolute atomic E-state index is 0.137. The molecule has 1 heterocycles. The number of esters is 1. The number of ether oxygens (including phenoxy) is 3. The van der Waals surface area contributed by atoms with E-state index >= 15 is 0 Å². The summed E-state index contributed by atoms with van der Waals surface area (Å²) in [5.41, 5.74) is -0.762. The molecule has 1 fully saturated rings. The van der Waals surface area contributed by atoms with Crippen LogP contribution in [0.4, 0.5) is 22.0 Å². The molecule has 0 spiro atoms. The second-order valence-corrected chi connectivity index (χ2v) is 15.5. The Morgan fingerprint density at radius 2 is 1.36 bits per heavy atom. The van der Waals surface area contributed by atoms with Crippen molar-refractivity contribution < 1.29 is 53.9 Å². The van der Waals surface area contributed by atoms with E-state index in [1.54, 1.807) is 25.1 Å². The van der Waals surface area contributed by atoms with Crippen LogP contribution in [0.1, 0.15) is 45.7 Å². The van der Waals surface area contributed by atoms with E-state index in [1.165, 1.54) is 24.3 Å². The van der Waals surface area contributed by atoms with Gasteiger partial charge in [0.15, 0.2) is 20.5 Å². The molecule has 1 N–H and O–H groups in total. The molecule has 3 aromatic carbocycles. The summed E-state index contributed by atoms with van der Waals surface area (Å²) in [6.45, 7) is 7.56.